The molecule has 28 heavy (non-hydrogen) atoms. The van der Waals surface area contributed by atoms with Gasteiger partial charge in [-0.1, -0.05) is 24.3 Å². The first-order valence-corrected chi connectivity index (χ1v) is 10.4. The number of allylic oxidation sites excluding steroid dienone is 2. The summed E-state index contributed by atoms with van der Waals surface area (Å²) in [5.74, 6) is -1.65. The van der Waals surface area contributed by atoms with Crippen LogP contribution in [0.4, 0.5) is 0 Å². The Morgan fingerprint density at radius 1 is 1.11 bits per heavy atom. The van der Waals surface area contributed by atoms with Crippen LogP contribution in [0.15, 0.2) is 68.8 Å². The lowest BCUT2D eigenvalue weighted by Crippen LogP contribution is -2.25. The molecule has 0 N–H and O–H groups in total. The largest absolute Gasteiger partial charge is 0.549 e. The van der Waals surface area contributed by atoms with Gasteiger partial charge in [0.05, 0.1) is 28.6 Å². The lowest BCUT2D eigenvalue weighted by molar-refractivity contribution is -0.301. The molecule has 0 unspecified atom stereocenters. The van der Waals surface area contributed by atoms with E-state index in [4.69, 9.17) is 4.74 Å². The van der Waals surface area contributed by atoms with E-state index >= 15 is 0 Å². The van der Waals surface area contributed by atoms with Gasteiger partial charge in [-0.2, -0.15) is 12.8 Å². The minimum atomic E-state index is -4.06. The Morgan fingerprint density at radius 2 is 1.75 bits per heavy atom. The van der Waals surface area contributed by atoms with Gasteiger partial charge in [-0.3, -0.25) is 4.79 Å². The highest BCUT2D eigenvalue weighted by Crippen LogP contribution is 2.29. The van der Waals surface area contributed by atoms with E-state index in [0.29, 0.717) is 11.3 Å². The normalized spacial score (nSPS) is 15.1. The van der Waals surface area contributed by atoms with Crippen LogP contribution in [0.2, 0.25) is 0 Å². The number of ketones is 1. The molecule has 144 valence electrons. The number of fused-ring (bicyclic) bond motifs is 1. The molecular formula is C19H14NO6S2-. The minimum absolute atomic E-state index is 0.0347. The highest BCUT2D eigenvalue weighted by molar-refractivity contribution is 8.04. The third kappa shape index (κ3) is 4.15. The van der Waals surface area contributed by atoms with Crippen LogP contribution in [-0.4, -0.2) is 38.7 Å². The van der Waals surface area contributed by atoms with Gasteiger partial charge in [0, 0.05) is 16.9 Å². The fourth-order valence-corrected chi connectivity index (χ4v) is 4.26. The highest BCUT2D eigenvalue weighted by Gasteiger charge is 2.26. The number of carbonyl (C=O) groups excluding carboxylic acids is 2. The van der Waals surface area contributed by atoms with Crippen molar-refractivity contribution in [1.29, 1.82) is 0 Å². The molecule has 9 heteroatoms. The van der Waals surface area contributed by atoms with Crippen LogP contribution < -0.4 is 9.84 Å². The van der Waals surface area contributed by atoms with Gasteiger partial charge in [0.1, 0.15) is 5.75 Å². The second-order valence-corrected chi connectivity index (χ2v) is 8.29. The SMILES string of the molecule is COc1ccc(S(=O)(=O)N=C2C=C(SCC(=O)[O-])C(=O)c3ccccc32)cc1. The van der Waals surface area contributed by atoms with Gasteiger partial charge in [0.2, 0.25) is 0 Å². The first-order valence-electron chi connectivity index (χ1n) is 7.99. The number of benzene rings is 2. The van der Waals surface area contributed by atoms with E-state index in [1.165, 1.54) is 37.5 Å². The average molecular weight is 416 g/mol. The number of Topliss-reactive ketones (excluding diaryl/α,β-unsaturated/α-hetero) is 1. The maximum Gasteiger partial charge on any atom is 0.282 e. The van der Waals surface area contributed by atoms with Gasteiger partial charge in [0.25, 0.3) is 10.0 Å². The summed E-state index contributed by atoms with van der Waals surface area (Å²) in [6, 6.07) is 12.2. The molecule has 2 aromatic rings. The Labute approximate surface area is 165 Å². The van der Waals surface area contributed by atoms with Gasteiger partial charge >= 0.3 is 0 Å². The van der Waals surface area contributed by atoms with Crippen LogP contribution in [0.5, 0.6) is 5.75 Å². The van der Waals surface area contributed by atoms with E-state index < -0.39 is 21.7 Å². The monoisotopic (exact) mass is 416 g/mol. The topological polar surface area (TPSA) is 113 Å². The van der Waals surface area contributed by atoms with Crippen LogP contribution in [0.25, 0.3) is 0 Å². The van der Waals surface area contributed by atoms with Crippen molar-refractivity contribution in [1.82, 2.24) is 0 Å². The molecule has 0 amide bonds. The quantitative estimate of drug-likeness (QED) is 0.700. The molecule has 2 aromatic carbocycles. The van der Waals surface area contributed by atoms with Crippen LogP contribution in [0.1, 0.15) is 15.9 Å². The molecule has 0 spiro atoms. The van der Waals surface area contributed by atoms with Crippen LogP contribution >= 0.6 is 11.8 Å². The van der Waals surface area contributed by atoms with Crippen molar-refractivity contribution in [2.45, 2.75) is 4.90 Å². The summed E-state index contributed by atoms with van der Waals surface area (Å²) in [7, 11) is -2.59. The molecule has 0 radical (unpaired) electrons. The number of rotatable bonds is 6. The van der Waals surface area contributed by atoms with Crippen molar-refractivity contribution in [3.63, 3.8) is 0 Å². The minimum Gasteiger partial charge on any atom is -0.549 e. The molecule has 0 saturated carbocycles. The molecule has 1 aliphatic carbocycles. The van der Waals surface area contributed by atoms with Gasteiger partial charge < -0.3 is 14.6 Å². The average Bonchev–Trinajstić information content (AvgIpc) is 2.69. The van der Waals surface area contributed by atoms with Crippen molar-refractivity contribution >= 4 is 39.2 Å². The Bertz CT molecular complexity index is 1100. The Balaban J connectivity index is 2.07. The van der Waals surface area contributed by atoms with Crippen molar-refractivity contribution in [3.05, 3.63) is 70.6 Å². The predicted octanol–water partition coefficient (Wildman–Crippen LogP) is 1.44. The third-order valence-electron chi connectivity index (χ3n) is 3.86. The van der Waals surface area contributed by atoms with E-state index in [9.17, 15) is 23.1 Å². The number of aliphatic carboxylic acids is 1. The van der Waals surface area contributed by atoms with Crippen molar-refractivity contribution in [2.24, 2.45) is 4.40 Å². The molecule has 0 bridgehead atoms. The molecule has 0 aromatic heterocycles. The van der Waals surface area contributed by atoms with Crippen molar-refractivity contribution in [3.8, 4) is 5.75 Å². The maximum absolute atomic E-state index is 12.7. The molecule has 0 heterocycles. The van der Waals surface area contributed by atoms with E-state index in [2.05, 4.69) is 4.40 Å². The van der Waals surface area contributed by atoms with Crippen LogP contribution in [-0.2, 0) is 14.8 Å². The lowest BCUT2D eigenvalue weighted by atomic mass is 9.94. The van der Waals surface area contributed by atoms with Gasteiger partial charge in [-0.25, -0.2) is 0 Å². The zero-order valence-corrected chi connectivity index (χ0v) is 16.2. The summed E-state index contributed by atoms with van der Waals surface area (Å²) in [4.78, 5) is 23.3. The number of ether oxygens (including phenoxy) is 1. The Hall–Kier alpha value is -2.91. The third-order valence-corrected chi connectivity index (χ3v) is 6.16. The van der Waals surface area contributed by atoms with Gasteiger partial charge in [-0.05, 0) is 30.3 Å². The molecule has 7 nitrogen and oxygen atoms in total. The molecule has 0 aliphatic heterocycles. The smallest absolute Gasteiger partial charge is 0.282 e. The number of carboxylic acids is 1. The number of methoxy groups -OCH3 is 1. The van der Waals surface area contributed by atoms with Crippen LogP contribution in [0.3, 0.4) is 0 Å². The molecular weight excluding hydrogens is 402 g/mol. The molecule has 0 fully saturated rings. The zero-order valence-electron chi connectivity index (χ0n) is 14.6. The standard InChI is InChI=1S/C19H15NO6S2/c1-26-12-6-8-13(9-7-12)28(24,25)20-16-10-17(27-11-18(21)22)19(23)15-5-3-2-4-14(15)16/h2-10H,11H2,1H3,(H,21,22)/p-1. The second kappa shape index (κ2) is 7.99. The van der Waals surface area contributed by atoms with E-state index in [1.807, 2.05) is 0 Å². The van der Waals surface area contributed by atoms with E-state index in [-0.39, 0.29) is 26.9 Å². The fraction of sp³-hybridized carbons (Fsp3) is 0.105. The summed E-state index contributed by atoms with van der Waals surface area (Å²) in [6.07, 6.45) is 1.29. The second-order valence-electron chi connectivity index (χ2n) is 5.67. The Kier molecular flexibility index (Phi) is 5.66. The number of nitrogens with zero attached hydrogens (tertiary/aromatic N) is 1. The fourth-order valence-electron chi connectivity index (χ4n) is 2.55. The summed E-state index contributed by atoms with van der Waals surface area (Å²) >= 11 is 0.765. The van der Waals surface area contributed by atoms with Gasteiger partial charge in [0.15, 0.2) is 5.78 Å². The number of carboxylic acid groups (broad SMARTS) is 1. The summed E-state index contributed by atoms with van der Waals surface area (Å²) in [5.41, 5.74) is 0.684. The summed E-state index contributed by atoms with van der Waals surface area (Å²) in [6.45, 7) is 0. The number of hydrogen-bond donors (Lipinski definition) is 0. The number of thioether (sulfide) groups is 1. The molecule has 3 rings (SSSR count). The first-order chi connectivity index (χ1) is 13.3. The first kappa shape index (κ1) is 19.8. The highest BCUT2D eigenvalue weighted by atomic mass is 32.2. The van der Waals surface area contributed by atoms with E-state index in [0.717, 1.165) is 11.8 Å². The maximum atomic E-state index is 12.7. The summed E-state index contributed by atoms with van der Waals surface area (Å²) in [5, 5.41) is 10.7. The number of carbonyl (C=O) groups is 2. The van der Waals surface area contributed by atoms with Crippen LogP contribution in [0, 0.1) is 0 Å². The van der Waals surface area contributed by atoms with Gasteiger partial charge in [-0.15, -0.1) is 11.8 Å². The molecule has 1 aliphatic rings. The number of hydrogen-bond acceptors (Lipinski definition) is 7. The predicted molar refractivity (Wildman–Crippen MR) is 103 cm³/mol. The lowest BCUT2D eigenvalue weighted by Gasteiger charge is -2.17. The Morgan fingerprint density at radius 3 is 2.36 bits per heavy atom. The van der Waals surface area contributed by atoms with Crippen molar-refractivity contribution in [2.75, 3.05) is 12.9 Å². The van der Waals surface area contributed by atoms with E-state index in [1.54, 1.807) is 24.3 Å². The molecule has 0 saturated heterocycles. The summed E-state index contributed by atoms with van der Waals surface area (Å²) < 4.78 is 34.3. The number of sulfonamides is 1. The van der Waals surface area contributed by atoms with Crippen molar-refractivity contribution < 1.29 is 27.9 Å². The molecule has 0 atom stereocenters. The zero-order chi connectivity index (χ0) is 20.3.